The van der Waals surface area contributed by atoms with Crippen molar-refractivity contribution in [2.24, 2.45) is 5.73 Å². The van der Waals surface area contributed by atoms with Crippen LogP contribution in [0.25, 0.3) is 11.3 Å². The quantitative estimate of drug-likeness (QED) is 0.878. The number of amides is 2. The normalized spacial score (nSPS) is 11.8. The summed E-state index contributed by atoms with van der Waals surface area (Å²) in [4.78, 5) is 23.3. The van der Waals surface area contributed by atoms with Crippen molar-refractivity contribution in [1.29, 1.82) is 0 Å². The summed E-state index contributed by atoms with van der Waals surface area (Å²) < 4.78 is 14.0. The molecule has 0 fully saturated rings. The zero-order valence-electron chi connectivity index (χ0n) is 13.8. The number of benzene rings is 1. The molecule has 1 heterocycles. The number of carbonyl (C=O) groups is 2. The highest BCUT2D eigenvalue weighted by Crippen LogP contribution is 2.25. The second-order valence-corrected chi connectivity index (χ2v) is 5.58. The van der Waals surface area contributed by atoms with Crippen LogP contribution in [0.5, 0.6) is 0 Å². The standard InChI is InChI=1S/C17H19FN4O2/c1-4-9(2)20-17(24)15-6-5-14(21-22-15)12-7-11(16(19)23)8-13(18)10(12)3/h5-9H,4H2,1-3H3,(H2,19,23)(H,20,24). The molecule has 7 heteroatoms. The van der Waals surface area contributed by atoms with Gasteiger partial charge in [0.15, 0.2) is 5.69 Å². The molecule has 0 aliphatic carbocycles. The van der Waals surface area contributed by atoms with Gasteiger partial charge in [0.25, 0.3) is 5.91 Å². The van der Waals surface area contributed by atoms with E-state index in [4.69, 9.17) is 5.73 Å². The molecule has 6 nitrogen and oxygen atoms in total. The number of aromatic nitrogens is 2. The lowest BCUT2D eigenvalue weighted by atomic mass is 10.0. The molecule has 0 radical (unpaired) electrons. The molecule has 0 aliphatic heterocycles. The number of nitrogens with two attached hydrogens (primary N) is 1. The van der Waals surface area contributed by atoms with Gasteiger partial charge in [0.1, 0.15) is 5.82 Å². The van der Waals surface area contributed by atoms with E-state index >= 15 is 0 Å². The minimum absolute atomic E-state index is 0.0302. The third kappa shape index (κ3) is 3.73. The number of halogens is 1. The van der Waals surface area contributed by atoms with Crippen LogP contribution in [0.4, 0.5) is 4.39 Å². The van der Waals surface area contributed by atoms with Gasteiger partial charge in [0, 0.05) is 17.2 Å². The summed E-state index contributed by atoms with van der Waals surface area (Å²) in [5.41, 5.74) is 6.52. The Labute approximate surface area is 139 Å². The monoisotopic (exact) mass is 330 g/mol. The SMILES string of the molecule is CCC(C)NC(=O)c1ccc(-c2cc(C(N)=O)cc(F)c2C)nn1. The van der Waals surface area contributed by atoms with Crippen molar-refractivity contribution in [3.05, 3.63) is 46.9 Å². The van der Waals surface area contributed by atoms with Crippen LogP contribution in [-0.2, 0) is 0 Å². The van der Waals surface area contributed by atoms with Crippen LogP contribution in [0.1, 0.15) is 46.7 Å². The van der Waals surface area contributed by atoms with Gasteiger partial charge >= 0.3 is 0 Å². The lowest BCUT2D eigenvalue weighted by molar-refractivity contribution is 0.0932. The minimum atomic E-state index is -0.729. The van der Waals surface area contributed by atoms with E-state index in [1.807, 2.05) is 13.8 Å². The maximum Gasteiger partial charge on any atom is 0.272 e. The van der Waals surface area contributed by atoms with E-state index in [0.717, 1.165) is 12.5 Å². The zero-order chi connectivity index (χ0) is 17.9. The lowest BCUT2D eigenvalue weighted by Gasteiger charge is -2.11. The van der Waals surface area contributed by atoms with Crippen LogP contribution < -0.4 is 11.1 Å². The van der Waals surface area contributed by atoms with Gasteiger partial charge in [-0.1, -0.05) is 6.92 Å². The summed E-state index contributed by atoms with van der Waals surface area (Å²) in [6.45, 7) is 5.42. The third-order valence-corrected chi connectivity index (χ3v) is 3.79. The molecule has 0 aliphatic rings. The van der Waals surface area contributed by atoms with Gasteiger partial charge in [0.05, 0.1) is 5.69 Å². The fourth-order valence-electron chi connectivity index (χ4n) is 2.08. The Morgan fingerprint density at radius 1 is 1.29 bits per heavy atom. The molecule has 126 valence electrons. The Bertz CT molecular complexity index is 775. The van der Waals surface area contributed by atoms with Gasteiger partial charge in [-0.3, -0.25) is 9.59 Å². The van der Waals surface area contributed by atoms with Gasteiger partial charge in [0.2, 0.25) is 5.91 Å². The van der Waals surface area contributed by atoms with E-state index in [1.165, 1.54) is 12.1 Å². The van der Waals surface area contributed by atoms with E-state index in [2.05, 4.69) is 15.5 Å². The first-order valence-electron chi connectivity index (χ1n) is 7.58. The zero-order valence-corrected chi connectivity index (χ0v) is 13.8. The molecular formula is C17H19FN4O2. The van der Waals surface area contributed by atoms with E-state index < -0.39 is 11.7 Å². The Morgan fingerprint density at radius 3 is 2.54 bits per heavy atom. The summed E-state index contributed by atoms with van der Waals surface area (Å²) in [5.74, 6) is -1.61. The van der Waals surface area contributed by atoms with Crippen molar-refractivity contribution in [3.63, 3.8) is 0 Å². The topological polar surface area (TPSA) is 98.0 Å². The molecule has 24 heavy (non-hydrogen) atoms. The van der Waals surface area contributed by atoms with Crippen molar-refractivity contribution >= 4 is 11.8 Å². The highest BCUT2D eigenvalue weighted by molar-refractivity contribution is 5.94. The largest absolute Gasteiger partial charge is 0.366 e. The van der Waals surface area contributed by atoms with Gasteiger partial charge < -0.3 is 11.1 Å². The summed E-state index contributed by atoms with van der Waals surface area (Å²) in [7, 11) is 0. The van der Waals surface area contributed by atoms with Crippen molar-refractivity contribution < 1.29 is 14.0 Å². The molecule has 2 aromatic rings. The Hall–Kier alpha value is -2.83. The molecule has 1 unspecified atom stereocenters. The molecule has 0 saturated carbocycles. The molecule has 1 aromatic carbocycles. The Morgan fingerprint density at radius 2 is 2.00 bits per heavy atom. The Balaban J connectivity index is 2.34. The highest BCUT2D eigenvalue weighted by atomic mass is 19.1. The molecular weight excluding hydrogens is 311 g/mol. The summed E-state index contributed by atoms with van der Waals surface area (Å²) >= 11 is 0. The lowest BCUT2D eigenvalue weighted by Crippen LogP contribution is -2.32. The second kappa shape index (κ2) is 7.16. The third-order valence-electron chi connectivity index (χ3n) is 3.79. The first kappa shape index (κ1) is 17.5. The molecule has 1 atom stereocenters. The molecule has 3 N–H and O–H groups in total. The Kier molecular flexibility index (Phi) is 5.23. The fraction of sp³-hybridized carbons (Fsp3) is 0.294. The number of primary amides is 1. The number of nitrogens with zero attached hydrogens (tertiary/aromatic N) is 2. The summed E-state index contributed by atoms with van der Waals surface area (Å²) in [5, 5.41) is 10.6. The van der Waals surface area contributed by atoms with E-state index in [0.29, 0.717) is 16.8 Å². The van der Waals surface area contributed by atoms with Gasteiger partial charge in [-0.15, -0.1) is 10.2 Å². The summed E-state index contributed by atoms with van der Waals surface area (Å²) in [6, 6.07) is 5.65. The maximum absolute atomic E-state index is 14.0. The van der Waals surface area contributed by atoms with Crippen LogP contribution in [0.2, 0.25) is 0 Å². The van der Waals surface area contributed by atoms with Gasteiger partial charge in [-0.2, -0.15) is 0 Å². The molecule has 2 amide bonds. The number of hydrogen-bond donors (Lipinski definition) is 2. The number of carbonyl (C=O) groups excluding carboxylic acids is 2. The minimum Gasteiger partial charge on any atom is -0.366 e. The number of rotatable bonds is 5. The van der Waals surface area contributed by atoms with Crippen LogP contribution in [0.15, 0.2) is 24.3 Å². The molecule has 1 aromatic heterocycles. The van der Waals surface area contributed by atoms with Gasteiger partial charge in [-0.05, 0) is 50.1 Å². The highest BCUT2D eigenvalue weighted by Gasteiger charge is 2.15. The van der Waals surface area contributed by atoms with E-state index in [1.54, 1.807) is 13.0 Å². The first-order chi connectivity index (χ1) is 11.3. The maximum atomic E-state index is 14.0. The van der Waals surface area contributed by atoms with Crippen molar-refractivity contribution in [2.75, 3.05) is 0 Å². The van der Waals surface area contributed by atoms with Crippen LogP contribution in [0.3, 0.4) is 0 Å². The summed E-state index contributed by atoms with van der Waals surface area (Å²) in [6.07, 6.45) is 0.801. The second-order valence-electron chi connectivity index (χ2n) is 5.58. The van der Waals surface area contributed by atoms with E-state index in [-0.39, 0.29) is 23.2 Å². The number of hydrogen-bond acceptors (Lipinski definition) is 4. The first-order valence-corrected chi connectivity index (χ1v) is 7.58. The van der Waals surface area contributed by atoms with E-state index in [9.17, 15) is 14.0 Å². The number of nitrogens with one attached hydrogen (secondary N) is 1. The molecule has 0 spiro atoms. The van der Waals surface area contributed by atoms with Crippen molar-refractivity contribution in [2.45, 2.75) is 33.2 Å². The van der Waals surface area contributed by atoms with Crippen LogP contribution in [-0.4, -0.2) is 28.1 Å². The van der Waals surface area contributed by atoms with Crippen molar-refractivity contribution in [3.8, 4) is 11.3 Å². The van der Waals surface area contributed by atoms with Gasteiger partial charge in [-0.25, -0.2) is 4.39 Å². The smallest absolute Gasteiger partial charge is 0.272 e. The predicted molar refractivity (Wildman–Crippen MR) is 87.9 cm³/mol. The average Bonchev–Trinajstić information content (AvgIpc) is 2.57. The molecule has 0 bridgehead atoms. The van der Waals surface area contributed by atoms with Crippen LogP contribution >= 0.6 is 0 Å². The fourth-order valence-corrected chi connectivity index (χ4v) is 2.08. The average molecular weight is 330 g/mol. The van der Waals surface area contributed by atoms with Crippen LogP contribution in [0, 0.1) is 12.7 Å². The molecule has 0 saturated heterocycles. The van der Waals surface area contributed by atoms with Crippen molar-refractivity contribution in [1.82, 2.24) is 15.5 Å². The predicted octanol–water partition coefficient (Wildman–Crippen LogP) is 2.22. The molecule has 2 rings (SSSR count).